The van der Waals surface area contributed by atoms with Gasteiger partial charge < -0.3 is 14.5 Å². The van der Waals surface area contributed by atoms with Crippen LogP contribution >= 0.6 is 11.8 Å². The summed E-state index contributed by atoms with van der Waals surface area (Å²) < 4.78 is 7.04. The standard InChI is InChI=1S/C21H29N7O3S/c1-16-5-6-18(31-2)17(13-16)28-21(22-23-24-28)32-15-20(30)27-11-9-25(10-12-27)14-19(29)26-7-3-4-8-26/h5-6,13H,3-4,7-12,14-15H2,1-2H3. The Morgan fingerprint density at radius 3 is 2.47 bits per heavy atom. The van der Waals surface area contributed by atoms with Gasteiger partial charge in [-0.2, -0.15) is 4.68 Å². The number of carbonyl (C=O) groups excluding carboxylic acids is 2. The Morgan fingerprint density at radius 2 is 1.75 bits per heavy atom. The summed E-state index contributed by atoms with van der Waals surface area (Å²) in [5, 5.41) is 12.5. The first-order valence-electron chi connectivity index (χ1n) is 10.9. The second-order valence-electron chi connectivity index (χ2n) is 8.08. The van der Waals surface area contributed by atoms with Gasteiger partial charge in [-0.05, 0) is 47.9 Å². The van der Waals surface area contributed by atoms with Crippen molar-refractivity contribution in [1.82, 2.24) is 34.9 Å². The van der Waals surface area contributed by atoms with Gasteiger partial charge in [0.2, 0.25) is 17.0 Å². The van der Waals surface area contributed by atoms with E-state index in [1.807, 2.05) is 34.9 Å². The molecule has 0 aliphatic carbocycles. The predicted molar refractivity (Wildman–Crippen MR) is 120 cm³/mol. The van der Waals surface area contributed by atoms with Gasteiger partial charge in [0.25, 0.3) is 0 Å². The molecular weight excluding hydrogens is 430 g/mol. The van der Waals surface area contributed by atoms with Crippen LogP contribution in [0, 0.1) is 6.92 Å². The van der Waals surface area contributed by atoms with E-state index in [1.165, 1.54) is 11.8 Å². The molecule has 2 fully saturated rings. The molecule has 2 amide bonds. The number of hydrogen-bond acceptors (Lipinski definition) is 8. The maximum absolute atomic E-state index is 12.8. The Hall–Kier alpha value is -2.66. The third-order valence-electron chi connectivity index (χ3n) is 5.87. The number of piperazine rings is 1. The minimum atomic E-state index is 0.0475. The first kappa shape index (κ1) is 22.5. The summed E-state index contributed by atoms with van der Waals surface area (Å²) in [6.45, 7) is 6.88. The van der Waals surface area contributed by atoms with E-state index >= 15 is 0 Å². The third-order valence-corrected chi connectivity index (χ3v) is 6.77. The minimum Gasteiger partial charge on any atom is -0.494 e. The molecular formula is C21H29N7O3S. The summed E-state index contributed by atoms with van der Waals surface area (Å²) in [7, 11) is 1.60. The molecule has 2 aromatic rings. The fourth-order valence-corrected chi connectivity index (χ4v) is 4.80. The van der Waals surface area contributed by atoms with E-state index in [1.54, 1.807) is 11.8 Å². The molecule has 11 heteroatoms. The van der Waals surface area contributed by atoms with Gasteiger partial charge >= 0.3 is 0 Å². The number of carbonyl (C=O) groups is 2. The molecule has 2 saturated heterocycles. The molecule has 0 radical (unpaired) electrons. The molecule has 0 unspecified atom stereocenters. The molecule has 32 heavy (non-hydrogen) atoms. The van der Waals surface area contributed by atoms with Crippen LogP contribution in [0.5, 0.6) is 5.75 Å². The lowest BCUT2D eigenvalue weighted by Crippen LogP contribution is -2.51. The Kier molecular flexibility index (Phi) is 7.26. The Balaban J connectivity index is 1.29. The average molecular weight is 460 g/mol. The van der Waals surface area contributed by atoms with Crippen LogP contribution in [0.2, 0.25) is 0 Å². The molecule has 2 aliphatic heterocycles. The molecule has 172 valence electrons. The Labute approximate surface area is 191 Å². The Bertz CT molecular complexity index is 953. The normalized spacial score (nSPS) is 17.1. The van der Waals surface area contributed by atoms with Gasteiger partial charge in [0.15, 0.2) is 0 Å². The van der Waals surface area contributed by atoms with E-state index in [2.05, 4.69) is 20.4 Å². The third kappa shape index (κ3) is 5.21. The maximum Gasteiger partial charge on any atom is 0.236 e. The van der Waals surface area contributed by atoms with Crippen molar-refractivity contribution in [3.8, 4) is 11.4 Å². The highest BCUT2D eigenvalue weighted by Gasteiger charge is 2.26. The zero-order valence-corrected chi connectivity index (χ0v) is 19.4. The lowest BCUT2D eigenvalue weighted by Gasteiger charge is -2.35. The van der Waals surface area contributed by atoms with Gasteiger partial charge in [-0.25, -0.2) is 0 Å². The number of likely N-dealkylation sites (tertiary alicyclic amines) is 1. The van der Waals surface area contributed by atoms with Crippen molar-refractivity contribution in [2.45, 2.75) is 24.9 Å². The second-order valence-corrected chi connectivity index (χ2v) is 9.02. The van der Waals surface area contributed by atoms with E-state index in [0.717, 1.165) is 37.2 Å². The molecule has 3 heterocycles. The largest absolute Gasteiger partial charge is 0.494 e. The van der Waals surface area contributed by atoms with Crippen molar-refractivity contribution in [1.29, 1.82) is 0 Å². The monoisotopic (exact) mass is 459 g/mol. The summed E-state index contributed by atoms with van der Waals surface area (Å²) in [5.74, 6) is 1.17. The number of thioether (sulfide) groups is 1. The zero-order valence-electron chi connectivity index (χ0n) is 18.6. The minimum absolute atomic E-state index is 0.0475. The van der Waals surface area contributed by atoms with Gasteiger partial charge in [-0.1, -0.05) is 17.8 Å². The van der Waals surface area contributed by atoms with Crippen LogP contribution in [-0.4, -0.2) is 105 Å². The van der Waals surface area contributed by atoms with Crippen molar-refractivity contribution in [2.24, 2.45) is 0 Å². The van der Waals surface area contributed by atoms with Crippen molar-refractivity contribution in [3.63, 3.8) is 0 Å². The highest BCUT2D eigenvalue weighted by Crippen LogP contribution is 2.27. The number of aryl methyl sites for hydroxylation is 1. The molecule has 0 bridgehead atoms. The van der Waals surface area contributed by atoms with Gasteiger partial charge in [0.1, 0.15) is 11.4 Å². The first-order chi connectivity index (χ1) is 15.5. The zero-order chi connectivity index (χ0) is 22.5. The molecule has 2 aliphatic rings. The van der Waals surface area contributed by atoms with Crippen LogP contribution in [0.3, 0.4) is 0 Å². The van der Waals surface area contributed by atoms with E-state index in [9.17, 15) is 9.59 Å². The first-order valence-corrected chi connectivity index (χ1v) is 11.9. The Morgan fingerprint density at radius 1 is 1.03 bits per heavy atom. The fourth-order valence-electron chi connectivity index (χ4n) is 4.02. The van der Waals surface area contributed by atoms with Gasteiger partial charge in [-0.15, -0.1) is 5.10 Å². The van der Waals surface area contributed by atoms with E-state index in [-0.39, 0.29) is 17.6 Å². The van der Waals surface area contributed by atoms with Crippen molar-refractivity contribution >= 4 is 23.6 Å². The SMILES string of the molecule is COc1ccc(C)cc1-n1nnnc1SCC(=O)N1CCN(CC(=O)N2CCCC2)CC1. The van der Waals surface area contributed by atoms with Gasteiger partial charge in [0, 0.05) is 39.3 Å². The lowest BCUT2D eigenvalue weighted by molar-refractivity contribution is -0.133. The number of nitrogens with zero attached hydrogens (tertiary/aromatic N) is 7. The van der Waals surface area contributed by atoms with Crippen LogP contribution in [0.15, 0.2) is 23.4 Å². The molecule has 1 aromatic carbocycles. The number of aromatic nitrogens is 4. The summed E-state index contributed by atoms with van der Waals surface area (Å²) in [5.41, 5.74) is 1.80. The summed E-state index contributed by atoms with van der Waals surface area (Å²) in [6.07, 6.45) is 2.21. The highest BCUT2D eigenvalue weighted by molar-refractivity contribution is 7.99. The quantitative estimate of drug-likeness (QED) is 0.562. The molecule has 0 spiro atoms. The van der Waals surface area contributed by atoms with Crippen LogP contribution in [0.25, 0.3) is 5.69 Å². The molecule has 0 saturated carbocycles. The number of tetrazole rings is 1. The van der Waals surface area contributed by atoms with Crippen molar-refractivity contribution in [3.05, 3.63) is 23.8 Å². The number of hydrogen-bond donors (Lipinski definition) is 0. The van der Waals surface area contributed by atoms with Gasteiger partial charge in [-0.3, -0.25) is 14.5 Å². The lowest BCUT2D eigenvalue weighted by atomic mass is 10.2. The van der Waals surface area contributed by atoms with Crippen LogP contribution in [-0.2, 0) is 9.59 Å². The van der Waals surface area contributed by atoms with Crippen LogP contribution in [0.1, 0.15) is 18.4 Å². The number of methoxy groups -OCH3 is 1. The van der Waals surface area contributed by atoms with E-state index in [4.69, 9.17) is 4.74 Å². The topological polar surface area (TPSA) is 96.7 Å². The second kappa shape index (κ2) is 10.3. The average Bonchev–Trinajstić information content (AvgIpc) is 3.50. The predicted octanol–water partition coefficient (Wildman–Crippen LogP) is 0.838. The van der Waals surface area contributed by atoms with E-state index < -0.39 is 0 Å². The molecule has 4 rings (SSSR count). The molecule has 0 N–H and O–H groups in total. The summed E-state index contributed by atoms with van der Waals surface area (Å²) >= 11 is 1.31. The molecule has 1 aromatic heterocycles. The summed E-state index contributed by atoms with van der Waals surface area (Å²) in [6, 6.07) is 5.78. The van der Waals surface area contributed by atoms with Crippen LogP contribution in [0.4, 0.5) is 0 Å². The van der Waals surface area contributed by atoms with Crippen LogP contribution < -0.4 is 4.74 Å². The number of ether oxygens (including phenoxy) is 1. The smallest absolute Gasteiger partial charge is 0.236 e. The number of rotatable bonds is 7. The number of benzene rings is 1. The highest BCUT2D eigenvalue weighted by atomic mass is 32.2. The summed E-state index contributed by atoms with van der Waals surface area (Å²) in [4.78, 5) is 31.1. The molecule has 10 nitrogen and oxygen atoms in total. The number of amides is 2. The maximum atomic E-state index is 12.8. The fraction of sp³-hybridized carbons (Fsp3) is 0.571. The van der Waals surface area contributed by atoms with Crippen molar-refractivity contribution in [2.75, 3.05) is 58.7 Å². The molecule has 0 atom stereocenters. The van der Waals surface area contributed by atoms with E-state index in [0.29, 0.717) is 43.6 Å². The van der Waals surface area contributed by atoms with Gasteiger partial charge in [0.05, 0.1) is 19.4 Å². The van der Waals surface area contributed by atoms with Crippen molar-refractivity contribution < 1.29 is 14.3 Å².